The van der Waals surface area contributed by atoms with Crippen molar-refractivity contribution in [2.24, 2.45) is 0 Å². The third kappa shape index (κ3) is 2.22. The Bertz CT molecular complexity index is 572. The van der Waals surface area contributed by atoms with Crippen LogP contribution in [0.15, 0.2) is 24.3 Å². The van der Waals surface area contributed by atoms with E-state index < -0.39 is 35.8 Å². The first-order chi connectivity index (χ1) is 9.38. The molecule has 20 heavy (non-hydrogen) atoms. The van der Waals surface area contributed by atoms with Crippen LogP contribution in [0.5, 0.6) is 0 Å². The number of amides is 3. The van der Waals surface area contributed by atoms with E-state index in [1.165, 1.54) is 38.3 Å². The topological polar surface area (TPSA) is 75.7 Å². The fraction of sp³-hybridized carbons (Fsp3) is 0.308. The van der Waals surface area contributed by atoms with Crippen LogP contribution in [-0.2, 0) is 19.9 Å². The number of nitrogens with zero attached hydrogens (tertiary/aromatic N) is 1. The van der Waals surface area contributed by atoms with Crippen molar-refractivity contribution in [2.45, 2.75) is 12.5 Å². The highest BCUT2D eigenvalue weighted by atomic mass is 19.1. The second kappa shape index (κ2) is 4.92. The second-order valence-corrected chi connectivity index (χ2v) is 4.53. The molecular formula is C13H13FN2O4. The van der Waals surface area contributed by atoms with Gasteiger partial charge in [0.15, 0.2) is 0 Å². The first kappa shape index (κ1) is 14.0. The van der Waals surface area contributed by atoms with E-state index in [2.05, 4.69) is 10.1 Å². The second-order valence-electron chi connectivity index (χ2n) is 4.53. The van der Waals surface area contributed by atoms with E-state index in [1.54, 1.807) is 0 Å². The van der Waals surface area contributed by atoms with Crippen molar-refractivity contribution in [3.05, 3.63) is 35.6 Å². The van der Waals surface area contributed by atoms with Gasteiger partial charge in [-0.2, -0.15) is 0 Å². The molecule has 0 saturated carbocycles. The van der Waals surface area contributed by atoms with E-state index in [9.17, 15) is 18.8 Å². The molecule has 2 rings (SSSR count). The molecule has 1 atom stereocenters. The van der Waals surface area contributed by atoms with Crippen LogP contribution in [-0.4, -0.2) is 36.5 Å². The fourth-order valence-electron chi connectivity index (χ4n) is 2.01. The number of benzene rings is 1. The maximum atomic E-state index is 12.9. The number of carbonyl (C=O) groups is 3. The highest BCUT2D eigenvalue weighted by Gasteiger charge is 2.49. The van der Waals surface area contributed by atoms with Crippen LogP contribution in [0, 0.1) is 5.82 Å². The molecule has 0 bridgehead atoms. The number of nitrogens with one attached hydrogen (secondary N) is 1. The molecular weight excluding hydrogens is 267 g/mol. The number of rotatable bonds is 3. The molecule has 0 aliphatic carbocycles. The van der Waals surface area contributed by atoms with Crippen molar-refractivity contribution in [3.8, 4) is 0 Å². The van der Waals surface area contributed by atoms with Gasteiger partial charge in [0.2, 0.25) is 0 Å². The molecule has 1 aromatic carbocycles. The molecule has 106 valence electrons. The highest BCUT2D eigenvalue weighted by Crippen LogP contribution is 2.28. The van der Waals surface area contributed by atoms with Gasteiger partial charge in [-0.3, -0.25) is 14.5 Å². The molecule has 0 spiro atoms. The van der Waals surface area contributed by atoms with Gasteiger partial charge in [0.25, 0.3) is 5.91 Å². The van der Waals surface area contributed by atoms with Crippen LogP contribution >= 0.6 is 0 Å². The Morgan fingerprint density at radius 1 is 1.35 bits per heavy atom. The van der Waals surface area contributed by atoms with Gasteiger partial charge in [-0.25, -0.2) is 9.18 Å². The van der Waals surface area contributed by atoms with Crippen molar-refractivity contribution >= 4 is 17.9 Å². The Morgan fingerprint density at radius 2 is 1.95 bits per heavy atom. The average Bonchev–Trinajstić information content (AvgIpc) is 2.64. The van der Waals surface area contributed by atoms with Gasteiger partial charge in [0, 0.05) is 0 Å². The summed E-state index contributed by atoms with van der Waals surface area (Å²) < 4.78 is 17.4. The molecule has 0 unspecified atom stereocenters. The van der Waals surface area contributed by atoms with Crippen LogP contribution < -0.4 is 5.32 Å². The van der Waals surface area contributed by atoms with Crippen LogP contribution in [0.25, 0.3) is 0 Å². The molecule has 3 amide bonds. The molecule has 1 aliphatic heterocycles. The molecule has 1 aliphatic rings. The minimum Gasteiger partial charge on any atom is -0.468 e. The van der Waals surface area contributed by atoms with Gasteiger partial charge < -0.3 is 10.1 Å². The summed E-state index contributed by atoms with van der Waals surface area (Å²) in [7, 11) is 1.17. The maximum absolute atomic E-state index is 12.9. The number of ether oxygens (including phenoxy) is 1. The van der Waals surface area contributed by atoms with E-state index in [0.29, 0.717) is 5.56 Å². The molecule has 0 aromatic heterocycles. The fourth-order valence-corrected chi connectivity index (χ4v) is 2.01. The minimum absolute atomic E-state index is 0.435. The molecule has 1 N–H and O–H groups in total. The lowest BCUT2D eigenvalue weighted by Gasteiger charge is -2.21. The van der Waals surface area contributed by atoms with Gasteiger partial charge in [-0.15, -0.1) is 0 Å². The number of hydrogen-bond donors (Lipinski definition) is 1. The zero-order chi connectivity index (χ0) is 14.9. The Hall–Kier alpha value is -2.44. The summed E-state index contributed by atoms with van der Waals surface area (Å²) in [6.45, 7) is 1.04. The molecule has 0 radical (unpaired) electrons. The largest absolute Gasteiger partial charge is 0.468 e. The summed E-state index contributed by atoms with van der Waals surface area (Å²) in [4.78, 5) is 36.1. The first-order valence-corrected chi connectivity index (χ1v) is 5.85. The number of imide groups is 1. The van der Waals surface area contributed by atoms with Crippen LogP contribution in [0.1, 0.15) is 12.5 Å². The van der Waals surface area contributed by atoms with Crippen LogP contribution in [0.2, 0.25) is 0 Å². The normalized spacial score (nSPS) is 21.9. The van der Waals surface area contributed by atoms with Crippen molar-refractivity contribution < 1.29 is 23.5 Å². The lowest BCUT2D eigenvalue weighted by Crippen LogP contribution is -2.41. The van der Waals surface area contributed by atoms with Crippen LogP contribution in [0.3, 0.4) is 0 Å². The quantitative estimate of drug-likeness (QED) is 0.655. The lowest BCUT2D eigenvalue weighted by atomic mass is 9.92. The third-order valence-corrected chi connectivity index (χ3v) is 3.21. The van der Waals surface area contributed by atoms with E-state index in [-0.39, 0.29) is 0 Å². The van der Waals surface area contributed by atoms with Crippen molar-refractivity contribution in [3.63, 3.8) is 0 Å². The SMILES string of the molecule is COC(=O)CN1C(=O)N[C@](C)(c2ccc(F)cc2)C1=O. The summed E-state index contributed by atoms with van der Waals surface area (Å²) in [5.41, 5.74) is -0.886. The van der Waals surface area contributed by atoms with Crippen LogP contribution in [0.4, 0.5) is 9.18 Å². The van der Waals surface area contributed by atoms with E-state index in [1.807, 2.05) is 0 Å². The molecule has 6 nitrogen and oxygen atoms in total. The molecule has 7 heteroatoms. The van der Waals surface area contributed by atoms with Gasteiger partial charge in [-0.05, 0) is 24.6 Å². The number of esters is 1. The summed E-state index contributed by atoms with van der Waals surface area (Å²) in [6.07, 6.45) is 0. The van der Waals surface area contributed by atoms with Gasteiger partial charge >= 0.3 is 12.0 Å². The maximum Gasteiger partial charge on any atom is 0.325 e. The smallest absolute Gasteiger partial charge is 0.325 e. The Balaban J connectivity index is 2.30. The minimum atomic E-state index is -1.32. The summed E-state index contributed by atoms with van der Waals surface area (Å²) in [5.74, 6) is -1.73. The highest BCUT2D eigenvalue weighted by molar-refractivity contribution is 6.08. The van der Waals surface area contributed by atoms with Gasteiger partial charge in [0.1, 0.15) is 17.9 Å². The molecule has 1 aromatic rings. The third-order valence-electron chi connectivity index (χ3n) is 3.21. The molecule has 1 heterocycles. The molecule has 1 fully saturated rings. The van der Waals surface area contributed by atoms with E-state index in [4.69, 9.17) is 0 Å². The summed E-state index contributed by atoms with van der Waals surface area (Å²) >= 11 is 0. The van der Waals surface area contributed by atoms with E-state index >= 15 is 0 Å². The number of hydrogen-bond acceptors (Lipinski definition) is 4. The van der Waals surface area contributed by atoms with Gasteiger partial charge in [0.05, 0.1) is 7.11 Å². The molecule has 1 saturated heterocycles. The average molecular weight is 280 g/mol. The monoisotopic (exact) mass is 280 g/mol. The zero-order valence-electron chi connectivity index (χ0n) is 11.0. The standard InChI is InChI=1S/C13H13FN2O4/c1-13(8-3-5-9(14)6-4-8)11(18)16(12(19)15-13)7-10(17)20-2/h3-6H,7H2,1-2H3,(H,15,19)/t13-/m1/s1. The number of methoxy groups -OCH3 is 1. The predicted molar refractivity (Wildman–Crippen MR) is 66.0 cm³/mol. The zero-order valence-corrected chi connectivity index (χ0v) is 11.0. The van der Waals surface area contributed by atoms with Crippen molar-refractivity contribution in [2.75, 3.05) is 13.7 Å². The summed E-state index contributed by atoms with van der Waals surface area (Å²) in [5, 5.41) is 2.50. The lowest BCUT2D eigenvalue weighted by molar-refractivity contribution is -0.145. The Kier molecular flexibility index (Phi) is 3.44. The number of carbonyl (C=O) groups excluding carboxylic acids is 3. The predicted octanol–water partition coefficient (Wildman–Crippen LogP) is 0.766. The number of halogens is 1. The van der Waals surface area contributed by atoms with Crippen molar-refractivity contribution in [1.82, 2.24) is 10.2 Å². The Labute approximate surface area is 114 Å². The first-order valence-electron chi connectivity index (χ1n) is 5.85. The van der Waals surface area contributed by atoms with Gasteiger partial charge in [-0.1, -0.05) is 12.1 Å². The Morgan fingerprint density at radius 3 is 2.50 bits per heavy atom. The van der Waals surface area contributed by atoms with E-state index in [0.717, 1.165) is 4.90 Å². The number of urea groups is 1. The van der Waals surface area contributed by atoms with Crippen molar-refractivity contribution in [1.29, 1.82) is 0 Å². The summed E-state index contributed by atoms with van der Waals surface area (Å²) in [6, 6.07) is 4.53.